The molecule has 1 aromatic carbocycles. The van der Waals surface area contributed by atoms with Crippen LogP contribution in [0, 0.1) is 0 Å². The smallest absolute Gasteiger partial charge is 0.221 e. The molecule has 4 aromatic rings. The maximum absolute atomic E-state index is 11.8. The van der Waals surface area contributed by atoms with E-state index in [1.54, 1.807) is 19.5 Å². The van der Waals surface area contributed by atoms with Crippen LogP contribution in [0.25, 0.3) is 0 Å². The van der Waals surface area contributed by atoms with Gasteiger partial charge in [0.25, 0.3) is 0 Å². The van der Waals surface area contributed by atoms with Crippen LogP contribution in [0.15, 0.2) is 85.3 Å². The molecule has 0 saturated carbocycles. The lowest BCUT2D eigenvalue weighted by Gasteiger charge is -2.29. The standard InChI is InChI=1S/C27H26N6O2S/c1-18(34)30-22-16-20(11-12-24(22)35-2)33-26(25(31-27(33)36)21-9-4-6-14-29-21)23-10-7-15-32(23)17-19-8-3-5-13-28-19/h3-16,25-26H,17H2,1-2H3,(H,30,34)(H,31,36)/t25-,26+/m0/s1. The highest BCUT2D eigenvalue weighted by Crippen LogP contribution is 2.43. The fraction of sp³-hybridized carbons (Fsp3) is 0.185. The predicted molar refractivity (Wildman–Crippen MR) is 143 cm³/mol. The highest BCUT2D eigenvalue weighted by molar-refractivity contribution is 7.80. The van der Waals surface area contributed by atoms with E-state index in [1.807, 2.05) is 60.7 Å². The molecular weight excluding hydrogens is 472 g/mol. The van der Waals surface area contributed by atoms with Gasteiger partial charge in [0.15, 0.2) is 5.11 Å². The topological polar surface area (TPSA) is 84.3 Å². The van der Waals surface area contributed by atoms with E-state index in [0.29, 0.717) is 23.1 Å². The number of carbonyl (C=O) groups excluding carboxylic acids is 1. The third-order valence-electron chi connectivity index (χ3n) is 6.10. The number of thiocarbonyl (C=S) groups is 1. The van der Waals surface area contributed by atoms with Crippen LogP contribution in [-0.2, 0) is 11.3 Å². The largest absolute Gasteiger partial charge is 0.495 e. The summed E-state index contributed by atoms with van der Waals surface area (Å²) in [5.74, 6) is 0.392. The minimum atomic E-state index is -0.204. The molecule has 0 spiro atoms. The first-order valence-electron chi connectivity index (χ1n) is 11.6. The number of nitrogens with one attached hydrogen (secondary N) is 2. The van der Waals surface area contributed by atoms with Gasteiger partial charge in [0.2, 0.25) is 5.91 Å². The molecule has 2 atom stereocenters. The Kier molecular flexibility index (Phi) is 6.64. The summed E-state index contributed by atoms with van der Waals surface area (Å²) in [6.07, 6.45) is 5.64. The van der Waals surface area contributed by atoms with Crippen molar-refractivity contribution in [3.63, 3.8) is 0 Å². The number of ether oxygens (including phenoxy) is 1. The van der Waals surface area contributed by atoms with E-state index >= 15 is 0 Å². The van der Waals surface area contributed by atoms with Crippen molar-refractivity contribution in [3.8, 4) is 5.75 Å². The molecule has 1 fully saturated rings. The molecule has 4 heterocycles. The third-order valence-corrected chi connectivity index (χ3v) is 6.41. The number of nitrogens with zero attached hydrogens (tertiary/aromatic N) is 4. The molecule has 0 bridgehead atoms. The van der Waals surface area contributed by atoms with Crippen molar-refractivity contribution in [1.29, 1.82) is 0 Å². The molecule has 182 valence electrons. The van der Waals surface area contributed by atoms with Gasteiger partial charge >= 0.3 is 0 Å². The Balaban J connectivity index is 1.61. The Hall–Kier alpha value is -4.24. The van der Waals surface area contributed by atoms with Crippen molar-refractivity contribution in [2.24, 2.45) is 0 Å². The molecule has 9 heteroatoms. The monoisotopic (exact) mass is 498 g/mol. The van der Waals surface area contributed by atoms with E-state index in [4.69, 9.17) is 17.0 Å². The maximum atomic E-state index is 11.8. The van der Waals surface area contributed by atoms with E-state index in [-0.39, 0.29) is 18.0 Å². The van der Waals surface area contributed by atoms with Crippen molar-refractivity contribution in [2.75, 3.05) is 17.3 Å². The van der Waals surface area contributed by atoms with Crippen molar-refractivity contribution in [3.05, 3.63) is 102 Å². The summed E-state index contributed by atoms with van der Waals surface area (Å²) < 4.78 is 7.65. The quantitative estimate of drug-likeness (QED) is 0.364. The van der Waals surface area contributed by atoms with E-state index in [9.17, 15) is 4.79 Å². The van der Waals surface area contributed by atoms with Crippen LogP contribution in [0.1, 0.15) is 36.1 Å². The van der Waals surface area contributed by atoms with Gasteiger partial charge < -0.3 is 24.8 Å². The number of benzene rings is 1. The fourth-order valence-electron chi connectivity index (χ4n) is 4.57. The Morgan fingerprint density at radius 3 is 2.58 bits per heavy atom. The van der Waals surface area contributed by atoms with Gasteiger partial charge in [-0.3, -0.25) is 14.8 Å². The zero-order chi connectivity index (χ0) is 25.1. The van der Waals surface area contributed by atoms with E-state index in [1.165, 1.54) is 6.92 Å². The van der Waals surface area contributed by atoms with Crippen LogP contribution in [0.2, 0.25) is 0 Å². The lowest BCUT2D eigenvalue weighted by atomic mass is 10.0. The van der Waals surface area contributed by atoms with Crippen LogP contribution < -0.4 is 20.3 Å². The molecular formula is C27H26N6O2S. The number of hydrogen-bond acceptors (Lipinski definition) is 5. The summed E-state index contributed by atoms with van der Waals surface area (Å²) in [5, 5.41) is 6.91. The van der Waals surface area contributed by atoms with Gasteiger partial charge in [-0.1, -0.05) is 12.1 Å². The number of rotatable bonds is 7. The number of methoxy groups -OCH3 is 1. The van der Waals surface area contributed by atoms with Gasteiger partial charge in [0, 0.05) is 36.9 Å². The van der Waals surface area contributed by atoms with Crippen molar-refractivity contribution in [2.45, 2.75) is 25.6 Å². The summed E-state index contributed by atoms with van der Waals surface area (Å²) >= 11 is 5.86. The molecule has 1 saturated heterocycles. The summed E-state index contributed by atoms with van der Waals surface area (Å²) in [7, 11) is 1.58. The number of anilines is 2. The Morgan fingerprint density at radius 2 is 1.89 bits per heavy atom. The molecule has 8 nitrogen and oxygen atoms in total. The second kappa shape index (κ2) is 10.2. The molecule has 1 amide bonds. The highest BCUT2D eigenvalue weighted by atomic mass is 32.1. The van der Waals surface area contributed by atoms with E-state index in [0.717, 1.165) is 22.8 Å². The average Bonchev–Trinajstić information content (AvgIpc) is 3.48. The van der Waals surface area contributed by atoms with Crippen molar-refractivity contribution >= 4 is 34.6 Å². The number of carbonyl (C=O) groups is 1. The van der Waals surface area contributed by atoms with Crippen LogP contribution >= 0.6 is 12.2 Å². The summed E-state index contributed by atoms with van der Waals surface area (Å²) in [4.78, 5) is 23.1. The zero-order valence-corrected chi connectivity index (χ0v) is 20.8. The molecule has 0 aliphatic carbocycles. The lowest BCUT2D eigenvalue weighted by Crippen LogP contribution is -2.30. The van der Waals surface area contributed by atoms with E-state index in [2.05, 4.69) is 42.3 Å². The second-order valence-corrected chi connectivity index (χ2v) is 8.83. The van der Waals surface area contributed by atoms with Gasteiger partial charge in [0.1, 0.15) is 11.8 Å². The molecule has 3 aromatic heterocycles. The predicted octanol–water partition coefficient (Wildman–Crippen LogP) is 4.47. The first kappa shape index (κ1) is 23.5. The normalized spacial score (nSPS) is 17.1. The third kappa shape index (κ3) is 4.65. The number of hydrogen-bond donors (Lipinski definition) is 2. The number of amides is 1. The molecule has 2 N–H and O–H groups in total. The van der Waals surface area contributed by atoms with Crippen LogP contribution in [0.4, 0.5) is 11.4 Å². The van der Waals surface area contributed by atoms with Gasteiger partial charge in [-0.2, -0.15) is 0 Å². The molecule has 1 aliphatic heterocycles. The number of pyridine rings is 2. The Bertz CT molecular complexity index is 1380. The maximum Gasteiger partial charge on any atom is 0.221 e. The number of aromatic nitrogens is 3. The van der Waals surface area contributed by atoms with Gasteiger partial charge in [-0.05, 0) is 66.8 Å². The highest BCUT2D eigenvalue weighted by Gasteiger charge is 2.42. The molecule has 1 aliphatic rings. The average molecular weight is 499 g/mol. The van der Waals surface area contributed by atoms with Crippen LogP contribution in [0.3, 0.4) is 0 Å². The first-order valence-corrected chi connectivity index (χ1v) is 12.0. The van der Waals surface area contributed by atoms with Crippen molar-refractivity contribution in [1.82, 2.24) is 19.9 Å². The lowest BCUT2D eigenvalue weighted by molar-refractivity contribution is -0.114. The Labute approximate surface area is 215 Å². The van der Waals surface area contributed by atoms with Gasteiger partial charge in [-0.25, -0.2) is 0 Å². The molecule has 36 heavy (non-hydrogen) atoms. The van der Waals surface area contributed by atoms with Gasteiger partial charge in [-0.15, -0.1) is 0 Å². The second-order valence-electron chi connectivity index (χ2n) is 8.44. The SMILES string of the molecule is COc1ccc(N2C(=S)N[C@@H](c3ccccn3)[C@H]2c2cccn2Cc2ccccn2)cc1NC(C)=O. The minimum absolute atomic E-state index is 0.181. The first-order chi connectivity index (χ1) is 17.5. The molecule has 0 radical (unpaired) electrons. The van der Waals surface area contributed by atoms with Crippen LogP contribution in [0.5, 0.6) is 5.75 Å². The summed E-state index contributed by atoms with van der Waals surface area (Å²) in [6.45, 7) is 2.09. The van der Waals surface area contributed by atoms with E-state index < -0.39 is 0 Å². The Morgan fingerprint density at radius 1 is 1.08 bits per heavy atom. The summed E-state index contributed by atoms with van der Waals surface area (Å²) in [5.41, 5.74) is 4.30. The molecule has 5 rings (SSSR count). The van der Waals surface area contributed by atoms with Crippen molar-refractivity contribution < 1.29 is 9.53 Å². The fourth-order valence-corrected chi connectivity index (χ4v) is 4.92. The van der Waals surface area contributed by atoms with Crippen LogP contribution in [-0.4, -0.2) is 32.7 Å². The summed E-state index contributed by atoms with van der Waals surface area (Å²) in [6, 6.07) is 21.2. The van der Waals surface area contributed by atoms with Gasteiger partial charge in [0.05, 0.1) is 36.8 Å². The minimum Gasteiger partial charge on any atom is -0.495 e. The molecule has 0 unspecified atom stereocenters. The zero-order valence-electron chi connectivity index (χ0n) is 20.0.